The maximum Gasteiger partial charge on any atom is 0.234 e. The molecule has 41 heavy (non-hydrogen) atoms. The first kappa shape index (κ1) is 27.4. The number of benzene rings is 2. The third-order valence-corrected chi connectivity index (χ3v) is 9.20. The Kier molecular flexibility index (Phi) is 7.77. The number of fused-ring (bicyclic) bond motifs is 3. The number of para-hydroxylation sites is 1. The molecule has 0 radical (unpaired) electrons. The summed E-state index contributed by atoms with van der Waals surface area (Å²) < 4.78 is 26.3. The van der Waals surface area contributed by atoms with Gasteiger partial charge in [-0.2, -0.15) is 0 Å². The van der Waals surface area contributed by atoms with Gasteiger partial charge in [0.15, 0.2) is 11.6 Å². The van der Waals surface area contributed by atoms with E-state index < -0.39 is 17.7 Å². The van der Waals surface area contributed by atoms with Crippen molar-refractivity contribution in [2.45, 2.75) is 38.8 Å². The van der Waals surface area contributed by atoms with E-state index in [4.69, 9.17) is 9.47 Å². The highest BCUT2D eigenvalue weighted by atomic mass is 32.1. The zero-order valence-electron chi connectivity index (χ0n) is 22.8. The van der Waals surface area contributed by atoms with Crippen LogP contribution in [0, 0.1) is 23.6 Å². The largest absolute Gasteiger partial charge is 0.505 e. The van der Waals surface area contributed by atoms with Gasteiger partial charge in [0.1, 0.15) is 12.4 Å². The second kappa shape index (κ2) is 11.6. The third-order valence-electron chi connectivity index (χ3n) is 8.34. The number of carbonyl (C=O) groups excluding carboxylic acids is 2. The summed E-state index contributed by atoms with van der Waals surface area (Å²) in [4.78, 5) is 29.7. The van der Waals surface area contributed by atoms with Gasteiger partial charge in [-0.3, -0.25) is 14.5 Å². The SMILES string of the molecule is C/C(=C\c1ccc(O)c(F)c1)CC[C@H]1OC[C@H]2C1=C(COc1ccccc1)C[C@H]1C(=O)N(Cc3cccs3)C(=O)[C@H]12. The highest BCUT2D eigenvalue weighted by molar-refractivity contribution is 7.09. The quantitative estimate of drug-likeness (QED) is 0.238. The predicted octanol–water partition coefficient (Wildman–Crippen LogP) is 6.37. The van der Waals surface area contributed by atoms with Gasteiger partial charge >= 0.3 is 0 Å². The summed E-state index contributed by atoms with van der Waals surface area (Å²) in [6, 6.07) is 17.8. The molecule has 0 bridgehead atoms. The summed E-state index contributed by atoms with van der Waals surface area (Å²) in [6.45, 7) is 3.04. The van der Waals surface area contributed by atoms with Crippen molar-refractivity contribution in [3.8, 4) is 11.5 Å². The molecule has 3 aromatic rings. The molecular weight excluding hydrogens is 541 g/mol. The zero-order valence-corrected chi connectivity index (χ0v) is 23.6. The van der Waals surface area contributed by atoms with Crippen LogP contribution >= 0.6 is 11.3 Å². The molecule has 3 heterocycles. The lowest BCUT2D eigenvalue weighted by atomic mass is 9.69. The standard InChI is InChI=1S/C33H32FNO5S/c1-20(14-21-10-11-28(36)27(34)15-21)9-12-29-30-22(18-39-23-6-3-2-4-7-23)16-25-31(26(30)19-40-29)33(38)35(32(25)37)17-24-8-5-13-41-24/h2-8,10-11,13-15,25-26,29,31,36H,9,12,16-19H2,1H3/b20-14+/t25-,26+,29-,31-/m1/s1. The van der Waals surface area contributed by atoms with E-state index in [1.54, 1.807) is 17.4 Å². The van der Waals surface area contributed by atoms with E-state index in [1.807, 2.05) is 60.8 Å². The van der Waals surface area contributed by atoms with Crippen LogP contribution in [-0.4, -0.2) is 41.1 Å². The number of hydrogen-bond acceptors (Lipinski definition) is 6. The van der Waals surface area contributed by atoms with Crippen LogP contribution in [0.3, 0.4) is 0 Å². The number of phenols is 1. The Bertz CT molecular complexity index is 1500. The first-order valence-corrected chi connectivity index (χ1v) is 14.8. The smallest absolute Gasteiger partial charge is 0.234 e. The maximum absolute atomic E-state index is 13.8. The van der Waals surface area contributed by atoms with Gasteiger partial charge in [0, 0.05) is 10.8 Å². The number of aromatic hydroxyl groups is 1. The van der Waals surface area contributed by atoms with Crippen molar-refractivity contribution in [1.82, 2.24) is 4.90 Å². The molecule has 6 nitrogen and oxygen atoms in total. The second-order valence-corrected chi connectivity index (χ2v) is 12.0. The molecule has 4 atom stereocenters. The van der Waals surface area contributed by atoms with Gasteiger partial charge in [-0.15, -0.1) is 11.3 Å². The molecule has 2 fully saturated rings. The van der Waals surface area contributed by atoms with Crippen LogP contribution in [0.4, 0.5) is 4.39 Å². The number of thiophene rings is 1. The Hall–Kier alpha value is -3.75. The molecule has 2 aliphatic heterocycles. The minimum absolute atomic E-state index is 0.103. The van der Waals surface area contributed by atoms with Crippen LogP contribution in [0.2, 0.25) is 0 Å². The van der Waals surface area contributed by atoms with Crippen molar-refractivity contribution in [1.29, 1.82) is 0 Å². The van der Waals surface area contributed by atoms with Crippen molar-refractivity contribution in [3.05, 3.63) is 99.0 Å². The Morgan fingerprint density at radius 1 is 1.12 bits per heavy atom. The number of allylic oxidation sites excluding steroid dienone is 1. The molecule has 2 amide bonds. The van der Waals surface area contributed by atoms with Crippen molar-refractivity contribution in [2.75, 3.05) is 13.2 Å². The maximum atomic E-state index is 13.8. The molecule has 3 aliphatic rings. The van der Waals surface area contributed by atoms with E-state index in [9.17, 15) is 19.1 Å². The normalized spacial score (nSPS) is 24.1. The number of imide groups is 1. The monoisotopic (exact) mass is 573 g/mol. The molecule has 8 heteroatoms. The molecule has 6 rings (SSSR count). The van der Waals surface area contributed by atoms with E-state index in [-0.39, 0.29) is 29.6 Å². The fourth-order valence-electron chi connectivity index (χ4n) is 6.40. The average Bonchev–Trinajstić information content (AvgIpc) is 3.70. The first-order valence-electron chi connectivity index (χ1n) is 13.9. The van der Waals surface area contributed by atoms with Crippen LogP contribution in [-0.2, 0) is 20.9 Å². The van der Waals surface area contributed by atoms with Crippen molar-refractivity contribution < 1.29 is 28.6 Å². The first-order chi connectivity index (χ1) is 19.9. The molecule has 1 aromatic heterocycles. The lowest BCUT2D eigenvalue weighted by Crippen LogP contribution is -2.35. The highest BCUT2D eigenvalue weighted by Crippen LogP contribution is 2.50. The number of likely N-dealkylation sites (tertiary alicyclic amines) is 1. The summed E-state index contributed by atoms with van der Waals surface area (Å²) in [5, 5.41) is 11.4. The number of carbonyl (C=O) groups is 2. The van der Waals surface area contributed by atoms with Gasteiger partial charge in [-0.25, -0.2) is 4.39 Å². The summed E-state index contributed by atoms with van der Waals surface area (Å²) in [5.74, 6) is -1.45. The van der Waals surface area contributed by atoms with Crippen LogP contribution in [0.1, 0.15) is 36.6 Å². The minimum Gasteiger partial charge on any atom is -0.505 e. The summed E-state index contributed by atoms with van der Waals surface area (Å²) >= 11 is 1.54. The van der Waals surface area contributed by atoms with Gasteiger partial charge in [-0.05, 0) is 78.6 Å². The summed E-state index contributed by atoms with van der Waals surface area (Å²) in [6.07, 6.45) is 3.60. The summed E-state index contributed by atoms with van der Waals surface area (Å²) in [7, 11) is 0. The molecule has 212 valence electrons. The van der Waals surface area contributed by atoms with Gasteiger partial charge in [0.25, 0.3) is 0 Å². The Morgan fingerprint density at radius 2 is 1.95 bits per heavy atom. The van der Waals surface area contributed by atoms with Crippen LogP contribution in [0.25, 0.3) is 6.08 Å². The Morgan fingerprint density at radius 3 is 2.71 bits per heavy atom. The van der Waals surface area contributed by atoms with Crippen LogP contribution < -0.4 is 4.74 Å². The average molecular weight is 574 g/mol. The fraction of sp³-hybridized carbons (Fsp3) is 0.333. The third kappa shape index (κ3) is 5.59. The lowest BCUT2D eigenvalue weighted by Gasteiger charge is -2.31. The molecule has 0 unspecified atom stereocenters. The van der Waals surface area contributed by atoms with Crippen molar-refractivity contribution in [2.24, 2.45) is 17.8 Å². The Balaban J connectivity index is 1.24. The van der Waals surface area contributed by atoms with E-state index in [0.717, 1.165) is 27.3 Å². The lowest BCUT2D eigenvalue weighted by molar-refractivity contribution is -0.140. The topological polar surface area (TPSA) is 76.1 Å². The number of phenolic OH excluding ortho intramolecular Hbond substituents is 1. The summed E-state index contributed by atoms with van der Waals surface area (Å²) in [5.41, 5.74) is 3.88. The van der Waals surface area contributed by atoms with Gasteiger partial charge in [0.05, 0.1) is 31.1 Å². The van der Waals surface area contributed by atoms with E-state index in [1.165, 1.54) is 17.0 Å². The van der Waals surface area contributed by atoms with E-state index >= 15 is 0 Å². The molecule has 0 saturated carbocycles. The molecule has 0 spiro atoms. The molecule has 2 aromatic carbocycles. The molecule has 1 N–H and O–H groups in total. The minimum atomic E-state index is -0.651. The second-order valence-electron chi connectivity index (χ2n) is 11.0. The molecule has 1 aliphatic carbocycles. The van der Waals surface area contributed by atoms with Crippen LogP contribution in [0.5, 0.6) is 11.5 Å². The molecular formula is C33H32FNO5S. The van der Waals surface area contributed by atoms with Crippen molar-refractivity contribution >= 4 is 29.2 Å². The van der Waals surface area contributed by atoms with Crippen LogP contribution in [0.15, 0.2) is 82.8 Å². The zero-order chi connectivity index (χ0) is 28.5. The van der Waals surface area contributed by atoms with Gasteiger partial charge < -0.3 is 14.6 Å². The van der Waals surface area contributed by atoms with E-state index in [0.29, 0.717) is 44.6 Å². The molecule has 2 saturated heterocycles. The number of rotatable bonds is 9. The fourth-order valence-corrected chi connectivity index (χ4v) is 7.09. The Labute approximate surface area is 242 Å². The highest BCUT2D eigenvalue weighted by Gasteiger charge is 2.57. The van der Waals surface area contributed by atoms with Gasteiger partial charge in [0.2, 0.25) is 11.8 Å². The number of ether oxygens (including phenoxy) is 2. The number of amides is 2. The predicted molar refractivity (Wildman–Crippen MR) is 155 cm³/mol. The number of halogens is 1. The van der Waals surface area contributed by atoms with E-state index in [2.05, 4.69) is 0 Å². The van der Waals surface area contributed by atoms with Gasteiger partial charge in [-0.1, -0.05) is 42.0 Å². The van der Waals surface area contributed by atoms with Crippen molar-refractivity contribution in [3.63, 3.8) is 0 Å². The number of hydrogen-bond donors (Lipinski definition) is 1. The number of nitrogens with zero attached hydrogens (tertiary/aromatic N) is 1.